The normalized spacial score (nSPS) is 15.8. The van der Waals surface area contributed by atoms with Crippen molar-refractivity contribution >= 4 is 72.7 Å². The number of fused-ring (bicyclic) bond motifs is 1. The number of halogens is 1. The van der Waals surface area contributed by atoms with Gasteiger partial charge in [0.1, 0.15) is 5.75 Å². The summed E-state index contributed by atoms with van der Waals surface area (Å²) in [6.45, 7) is 0. The van der Waals surface area contributed by atoms with Crippen molar-refractivity contribution in [1.29, 1.82) is 0 Å². The van der Waals surface area contributed by atoms with Gasteiger partial charge in [0.2, 0.25) is 0 Å². The van der Waals surface area contributed by atoms with Gasteiger partial charge in [-0.15, -0.1) is 0 Å². The zero-order valence-electron chi connectivity index (χ0n) is 14.3. The highest BCUT2D eigenvalue weighted by atomic mass is 79.9. The van der Waals surface area contributed by atoms with E-state index in [1.165, 1.54) is 11.8 Å². The number of nitrogens with zero attached hydrogens (tertiary/aromatic N) is 1. The number of carbonyl (C=O) groups is 1. The number of thioether (sulfide) groups is 1. The zero-order valence-corrected chi connectivity index (χ0v) is 17.5. The first-order valence-corrected chi connectivity index (χ1v) is 10.2. The molecule has 0 bridgehead atoms. The van der Waals surface area contributed by atoms with Crippen LogP contribution in [0.1, 0.15) is 5.56 Å². The van der Waals surface area contributed by atoms with Crippen LogP contribution in [0.25, 0.3) is 16.8 Å². The molecule has 134 valence electrons. The topological polar surface area (TPSA) is 29.5 Å². The van der Waals surface area contributed by atoms with Crippen LogP contribution in [0.4, 0.5) is 5.69 Å². The molecule has 0 saturated carbocycles. The predicted octanol–water partition coefficient (Wildman–Crippen LogP) is 6.02. The summed E-state index contributed by atoms with van der Waals surface area (Å²) in [7, 11) is 1.66. The quantitative estimate of drug-likeness (QED) is 0.356. The average molecular weight is 456 g/mol. The monoisotopic (exact) mass is 455 g/mol. The molecule has 1 saturated heterocycles. The molecule has 0 radical (unpaired) electrons. The van der Waals surface area contributed by atoms with Gasteiger partial charge >= 0.3 is 0 Å². The van der Waals surface area contributed by atoms with Crippen LogP contribution in [-0.2, 0) is 4.79 Å². The lowest BCUT2D eigenvalue weighted by atomic mass is 10.0. The van der Waals surface area contributed by atoms with Crippen molar-refractivity contribution in [3.63, 3.8) is 0 Å². The van der Waals surface area contributed by atoms with Crippen LogP contribution in [0, 0.1) is 0 Å². The molecule has 4 rings (SSSR count). The molecule has 6 heteroatoms. The fourth-order valence-electron chi connectivity index (χ4n) is 3.05. The second-order valence-electron chi connectivity index (χ2n) is 5.90. The SMILES string of the molecule is COc1ccc(/C=C2/SC(=S)N(c3cccc(Br)c3)C2=O)c2ccccc12. The van der Waals surface area contributed by atoms with Crippen LogP contribution in [0.5, 0.6) is 5.75 Å². The number of hydrogen-bond donors (Lipinski definition) is 0. The lowest BCUT2D eigenvalue weighted by Gasteiger charge is -2.14. The maximum atomic E-state index is 13.0. The standard InChI is InChI=1S/C21H14BrNO2S2/c1-25-18-10-9-13(16-7-2-3-8-17(16)18)11-19-20(24)23(21(26)27-19)15-6-4-5-14(22)12-15/h2-12H,1H3/b19-11+. The van der Waals surface area contributed by atoms with Gasteiger partial charge in [0.25, 0.3) is 5.91 Å². The van der Waals surface area contributed by atoms with Crippen molar-refractivity contribution in [2.45, 2.75) is 0 Å². The Morgan fingerprint density at radius 2 is 1.85 bits per heavy atom. The molecule has 1 aliphatic heterocycles. The van der Waals surface area contributed by atoms with E-state index in [4.69, 9.17) is 17.0 Å². The van der Waals surface area contributed by atoms with Gasteiger partial charge in [0, 0.05) is 9.86 Å². The van der Waals surface area contributed by atoms with E-state index in [0.29, 0.717) is 9.23 Å². The highest BCUT2D eigenvalue weighted by molar-refractivity contribution is 9.10. The number of thiocarbonyl (C=S) groups is 1. The minimum atomic E-state index is -0.108. The van der Waals surface area contributed by atoms with Gasteiger partial charge in [0.05, 0.1) is 17.7 Å². The number of benzene rings is 3. The second kappa shape index (κ2) is 7.46. The van der Waals surface area contributed by atoms with E-state index < -0.39 is 0 Å². The first-order valence-electron chi connectivity index (χ1n) is 8.18. The summed E-state index contributed by atoms with van der Waals surface area (Å²) >= 11 is 10.2. The molecule has 1 amide bonds. The Bertz CT molecular complexity index is 1110. The summed E-state index contributed by atoms with van der Waals surface area (Å²) in [6.07, 6.45) is 1.90. The van der Waals surface area contributed by atoms with Crippen LogP contribution in [-0.4, -0.2) is 17.3 Å². The molecule has 27 heavy (non-hydrogen) atoms. The number of methoxy groups -OCH3 is 1. The third kappa shape index (κ3) is 3.40. The lowest BCUT2D eigenvalue weighted by molar-refractivity contribution is -0.113. The van der Waals surface area contributed by atoms with E-state index in [9.17, 15) is 4.79 Å². The number of hydrogen-bond acceptors (Lipinski definition) is 4. The molecule has 1 fully saturated rings. The van der Waals surface area contributed by atoms with Crippen LogP contribution < -0.4 is 9.64 Å². The van der Waals surface area contributed by atoms with Gasteiger partial charge in [0.15, 0.2) is 4.32 Å². The Kier molecular flexibility index (Phi) is 5.04. The Morgan fingerprint density at radius 1 is 1.07 bits per heavy atom. The Labute approximate surface area is 175 Å². The molecule has 3 aromatic rings. The van der Waals surface area contributed by atoms with Crippen LogP contribution in [0.2, 0.25) is 0 Å². The maximum Gasteiger partial charge on any atom is 0.270 e. The summed E-state index contributed by atoms with van der Waals surface area (Å²) in [5.74, 6) is 0.701. The molecule has 3 nitrogen and oxygen atoms in total. The van der Waals surface area contributed by atoms with E-state index in [-0.39, 0.29) is 5.91 Å². The molecule has 0 atom stereocenters. The summed E-state index contributed by atoms with van der Waals surface area (Å²) in [4.78, 5) is 15.2. The lowest BCUT2D eigenvalue weighted by Crippen LogP contribution is -2.27. The van der Waals surface area contributed by atoms with Gasteiger partial charge in [-0.2, -0.15) is 0 Å². The molecule has 0 aliphatic carbocycles. The molecule has 1 heterocycles. The summed E-state index contributed by atoms with van der Waals surface area (Å²) < 4.78 is 6.88. The van der Waals surface area contributed by atoms with Gasteiger partial charge < -0.3 is 4.74 Å². The van der Waals surface area contributed by atoms with Crippen molar-refractivity contribution < 1.29 is 9.53 Å². The van der Waals surface area contributed by atoms with Gasteiger partial charge in [-0.05, 0) is 41.3 Å². The summed E-state index contributed by atoms with van der Waals surface area (Å²) in [5.41, 5.74) is 1.72. The van der Waals surface area contributed by atoms with Crippen molar-refractivity contribution in [2.75, 3.05) is 12.0 Å². The minimum absolute atomic E-state index is 0.108. The highest BCUT2D eigenvalue weighted by Crippen LogP contribution is 2.38. The van der Waals surface area contributed by atoms with Crippen molar-refractivity contribution in [2.24, 2.45) is 0 Å². The number of rotatable bonds is 3. The van der Waals surface area contributed by atoms with E-state index in [1.807, 2.05) is 66.7 Å². The van der Waals surface area contributed by atoms with Crippen LogP contribution in [0.3, 0.4) is 0 Å². The molecule has 1 aliphatic rings. The summed E-state index contributed by atoms with van der Waals surface area (Å²) in [6, 6.07) is 19.4. The first kappa shape index (κ1) is 18.2. The molecular weight excluding hydrogens is 442 g/mol. The third-order valence-electron chi connectivity index (χ3n) is 4.28. The zero-order chi connectivity index (χ0) is 19.0. The molecule has 0 aromatic heterocycles. The maximum absolute atomic E-state index is 13.0. The highest BCUT2D eigenvalue weighted by Gasteiger charge is 2.33. The van der Waals surface area contributed by atoms with Gasteiger partial charge in [-0.25, -0.2) is 0 Å². The third-order valence-corrected chi connectivity index (χ3v) is 6.08. The predicted molar refractivity (Wildman–Crippen MR) is 120 cm³/mol. The van der Waals surface area contributed by atoms with E-state index in [2.05, 4.69) is 15.9 Å². The van der Waals surface area contributed by atoms with Crippen LogP contribution >= 0.6 is 39.9 Å². The number of carbonyl (C=O) groups excluding carboxylic acids is 1. The van der Waals surface area contributed by atoms with E-state index in [0.717, 1.165) is 32.2 Å². The first-order chi connectivity index (χ1) is 13.1. The number of amides is 1. The number of ether oxygens (including phenoxy) is 1. The van der Waals surface area contributed by atoms with Crippen molar-refractivity contribution in [3.8, 4) is 5.75 Å². The molecule has 3 aromatic carbocycles. The average Bonchev–Trinajstić information content (AvgIpc) is 2.95. The molecule has 0 unspecified atom stereocenters. The van der Waals surface area contributed by atoms with Crippen molar-refractivity contribution in [1.82, 2.24) is 0 Å². The molecule has 0 spiro atoms. The summed E-state index contributed by atoms with van der Waals surface area (Å²) in [5, 5.41) is 2.04. The van der Waals surface area contributed by atoms with Crippen molar-refractivity contribution in [3.05, 3.63) is 75.6 Å². The van der Waals surface area contributed by atoms with E-state index in [1.54, 1.807) is 12.0 Å². The minimum Gasteiger partial charge on any atom is -0.496 e. The molecular formula is C21H14BrNO2S2. The Balaban J connectivity index is 1.77. The van der Waals surface area contributed by atoms with Gasteiger partial charge in [-0.1, -0.05) is 76.3 Å². The second-order valence-corrected chi connectivity index (χ2v) is 8.49. The van der Waals surface area contributed by atoms with Gasteiger partial charge in [-0.3, -0.25) is 9.69 Å². The largest absolute Gasteiger partial charge is 0.496 e. The fourth-order valence-corrected chi connectivity index (χ4v) is 4.72. The Morgan fingerprint density at radius 3 is 2.59 bits per heavy atom. The number of anilines is 1. The van der Waals surface area contributed by atoms with E-state index >= 15 is 0 Å². The fraction of sp³-hybridized carbons (Fsp3) is 0.0476. The van der Waals surface area contributed by atoms with Crippen LogP contribution in [0.15, 0.2) is 70.0 Å². The smallest absolute Gasteiger partial charge is 0.270 e. The Hall–Kier alpha value is -2.15. The molecule has 0 N–H and O–H groups in total.